The van der Waals surface area contributed by atoms with Crippen LogP contribution in [0.1, 0.15) is 19.1 Å². The maximum atomic E-state index is 11.5. The second-order valence-corrected chi connectivity index (χ2v) is 3.51. The lowest BCUT2D eigenvalue weighted by Crippen LogP contribution is -2.27. The summed E-state index contributed by atoms with van der Waals surface area (Å²) in [6.45, 7) is -0.0202. The van der Waals surface area contributed by atoms with Crippen molar-refractivity contribution in [1.82, 2.24) is 9.55 Å². The van der Waals surface area contributed by atoms with E-state index in [4.69, 9.17) is 15.6 Å². The number of halogens is 1. The zero-order valence-electron chi connectivity index (χ0n) is 9.54. The molecule has 0 radical (unpaired) electrons. The Balaban J connectivity index is 0.000000686. The fourth-order valence-corrected chi connectivity index (χ4v) is 1.67. The highest BCUT2D eigenvalue weighted by Gasteiger charge is 2.26. The van der Waals surface area contributed by atoms with Gasteiger partial charge in [0, 0.05) is 6.20 Å². The quantitative estimate of drug-likeness (QED) is 0.770. The summed E-state index contributed by atoms with van der Waals surface area (Å²) in [6, 6.07) is 1.55. The fraction of sp³-hybridized carbons (Fsp3) is 0.600. The largest absolute Gasteiger partial charge is 0.394 e. The minimum absolute atomic E-state index is 0.0202. The van der Waals surface area contributed by atoms with Crippen LogP contribution in [0.4, 0.5) is 10.2 Å². The molecule has 17 heavy (non-hydrogen) atoms. The summed E-state index contributed by atoms with van der Waals surface area (Å²) in [5.74, 6) is 0.202. The lowest BCUT2D eigenvalue weighted by molar-refractivity contribution is -0.0245. The molecule has 0 saturated carbocycles. The van der Waals surface area contributed by atoms with Crippen LogP contribution in [0.5, 0.6) is 0 Å². The van der Waals surface area contributed by atoms with Gasteiger partial charge in [-0.25, -0.2) is 4.79 Å². The molecular formula is C10H16FN3O3. The fourth-order valence-electron chi connectivity index (χ4n) is 1.67. The van der Waals surface area contributed by atoms with Gasteiger partial charge in [0.2, 0.25) is 0 Å². The monoisotopic (exact) mass is 245 g/mol. The van der Waals surface area contributed by atoms with Gasteiger partial charge in [-0.15, -0.1) is 0 Å². The van der Waals surface area contributed by atoms with E-state index in [1.165, 1.54) is 4.57 Å². The number of ether oxygens (including phenoxy) is 1. The third kappa shape index (κ3) is 3.24. The maximum absolute atomic E-state index is 11.5. The number of nitrogen functional groups attached to an aromatic ring is 1. The van der Waals surface area contributed by atoms with Crippen LogP contribution in [0.25, 0.3) is 0 Å². The van der Waals surface area contributed by atoms with Gasteiger partial charge in [-0.05, 0) is 18.9 Å². The first-order valence-electron chi connectivity index (χ1n) is 5.19. The van der Waals surface area contributed by atoms with Crippen molar-refractivity contribution in [2.45, 2.75) is 25.2 Å². The number of alkyl halides is 1. The summed E-state index contributed by atoms with van der Waals surface area (Å²) in [7, 11) is 0.500. The summed E-state index contributed by atoms with van der Waals surface area (Å²) in [6.07, 6.45) is 2.51. The highest BCUT2D eigenvalue weighted by atomic mass is 19.1. The minimum Gasteiger partial charge on any atom is -0.394 e. The van der Waals surface area contributed by atoms with Gasteiger partial charge in [-0.2, -0.15) is 4.98 Å². The third-order valence-electron chi connectivity index (χ3n) is 2.45. The van der Waals surface area contributed by atoms with Crippen molar-refractivity contribution in [3.8, 4) is 0 Å². The number of nitrogens with zero attached hydrogens (tertiary/aromatic N) is 2. The molecule has 2 atom stereocenters. The van der Waals surface area contributed by atoms with Gasteiger partial charge in [-0.3, -0.25) is 8.96 Å². The summed E-state index contributed by atoms with van der Waals surface area (Å²) in [5, 5.41) is 8.90. The van der Waals surface area contributed by atoms with Crippen LogP contribution in [0.3, 0.4) is 0 Å². The molecule has 1 saturated heterocycles. The summed E-state index contributed by atoms with van der Waals surface area (Å²) < 4.78 is 16.3. The van der Waals surface area contributed by atoms with Crippen LogP contribution in [-0.4, -0.2) is 34.5 Å². The topological polar surface area (TPSA) is 90.4 Å². The van der Waals surface area contributed by atoms with Crippen LogP contribution >= 0.6 is 0 Å². The van der Waals surface area contributed by atoms with Crippen LogP contribution in [0, 0.1) is 0 Å². The Labute approximate surface area is 97.8 Å². The Morgan fingerprint density at radius 2 is 2.35 bits per heavy atom. The van der Waals surface area contributed by atoms with Gasteiger partial charge >= 0.3 is 5.69 Å². The first kappa shape index (κ1) is 13.6. The highest BCUT2D eigenvalue weighted by Crippen LogP contribution is 2.26. The predicted molar refractivity (Wildman–Crippen MR) is 60.2 cm³/mol. The molecular weight excluding hydrogens is 229 g/mol. The average Bonchev–Trinajstić information content (AvgIpc) is 2.80. The minimum atomic E-state index is -0.418. The number of anilines is 1. The van der Waals surface area contributed by atoms with Crippen LogP contribution in [-0.2, 0) is 4.74 Å². The number of hydrogen-bond acceptors (Lipinski definition) is 5. The molecule has 2 rings (SSSR count). The van der Waals surface area contributed by atoms with Gasteiger partial charge in [0.1, 0.15) is 12.0 Å². The molecule has 6 nitrogen and oxygen atoms in total. The molecule has 2 heterocycles. The second-order valence-electron chi connectivity index (χ2n) is 3.51. The summed E-state index contributed by atoms with van der Waals surface area (Å²) >= 11 is 0. The lowest BCUT2D eigenvalue weighted by atomic mass is 10.2. The molecule has 0 aliphatic carbocycles. The normalized spacial score (nSPS) is 23.0. The van der Waals surface area contributed by atoms with E-state index >= 15 is 0 Å². The molecule has 96 valence electrons. The van der Waals surface area contributed by atoms with Crippen molar-refractivity contribution < 1.29 is 14.2 Å². The zero-order valence-corrected chi connectivity index (χ0v) is 9.54. The maximum Gasteiger partial charge on any atom is 0.351 e. The molecule has 1 aromatic heterocycles. The molecule has 0 amide bonds. The van der Waals surface area contributed by atoms with Crippen molar-refractivity contribution in [1.29, 1.82) is 0 Å². The molecule has 7 heteroatoms. The van der Waals surface area contributed by atoms with E-state index in [2.05, 4.69) is 4.98 Å². The molecule has 1 aromatic rings. The number of aromatic nitrogens is 2. The first-order valence-corrected chi connectivity index (χ1v) is 5.19. The standard InChI is InChI=1S/C9H13N3O3.CH3F/c10-7-3-4-12(9(14)11-7)8-2-1-6(5-13)15-8;1-2/h3-4,6,8,13H,1-2,5H2,(H2,10,11,14);1H3/t6-,8?;/m0./s1. The Morgan fingerprint density at radius 3 is 2.88 bits per heavy atom. The third-order valence-corrected chi connectivity index (χ3v) is 2.45. The van der Waals surface area contributed by atoms with Crippen LogP contribution < -0.4 is 11.4 Å². The number of hydrogen-bond donors (Lipinski definition) is 2. The highest BCUT2D eigenvalue weighted by molar-refractivity contribution is 5.23. The smallest absolute Gasteiger partial charge is 0.351 e. The lowest BCUT2D eigenvalue weighted by Gasteiger charge is -2.14. The van der Waals surface area contributed by atoms with E-state index in [-0.39, 0.29) is 24.8 Å². The van der Waals surface area contributed by atoms with Gasteiger partial charge in [-0.1, -0.05) is 0 Å². The SMILES string of the molecule is CF.Nc1ccn(C2CC[C@@H](CO)O2)c(=O)n1. The Morgan fingerprint density at radius 1 is 1.65 bits per heavy atom. The Hall–Kier alpha value is -1.47. The molecule has 1 unspecified atom stereocenters. The Kier molecular flexibility index (Phi) is 5.05. The van der Waals surface area contributed by atoms with Gasteiger partial charge in [0.15, 0.2) is 0 Å². The predicted octanol–water partition coefficient (Wildman–Crippen LogP) is 0.0811. The molecule has 1 aliphatic rings. The van der Waals surface area contributed by atoms with E-state index in [9.17, 15) is 9.18 Å². The zero-order chi connectivity index (χ0) is 12.8. The van der Waals surface area contributed by atoms with Crippen molar-refractivity contribution in [3.63, 3.8) is 0 Å². The molecule has 3 N–H and O–H groups in total. The van der Waals surface area contributed by atoms with E-state index in [0.29, 0.717) is 13.6 Å². The Bertz CT molecular complexity index is 410. The van der Waals surface area contributed by atoms with Gasteiger partial charge < -0.3 is 15.6 Å². The van der Waals surface area contributed by atoms with Gasteiger partial charge in [0.25, 0.3) is 0 Å². The van der Waals surface area contributed by atoms with Crippen molar-refractivity contribution in [2.24, 2.45) is 0 Å². The number of aliphatic hydroxyl groups is 1. The molecule has 0 spiro atoms. The molecule has 0 bridgehead atoms. The van der Waals surface area contributed by atoms with Crippen molar-refractivity contribution in [3.05, 3.63) is 22.7 Å². The molecule has 1 aliphatic heterocycles. The van der Waals surface area contributed by atoms with Crippen LogP contribution in [0.15, 0.2) is 17.1 Å². The van der Waals surface area contributed by atoms with Gasteiger partial charge in [0.05, 0.1) is 19.9 Å². The van der Waals surface area contributed by atoms with E-state index < -0.39 is 5.69 Å². The number of rotatable bonds is 2. The van der Waals surface area contributed by atoms with Crippen molar-refractivity contribution in [2.75, 3.05) is 19.5 Å². The summed E-state index contributed by atoms with van der Waals surface area (Å²) in [5.41, 5.74) is 4.96. The number of nitrogens with two attached hydrogens (primary N) is 1. The van der Waals surface area contributed by atoms with Crippen molar-refractivity contribution >= 4 is 5.82 Å². The second kappa shape index (κ2) is 6.31. The number of aliphatic hydroxyl groups excluding tert-OH is 1. The molecule has 0 aromatic carbocycles. The summed E-state index contributed by atoms with van der Waals surface area (Å²) in [4.78, 5) is 15.1. The van der Waals surface area contributed by atoms with E-state index in [1.807, 2.05) is 0 Å². The first-order chi connectivity index (χ1) is 8.20. The molecule has 1 fully saturated rings. The van der Waals surface area contributed by atoms with Crippen LogP contribution in [0.2, 0.25) is 0 Å². The van der Waals surface area contributed by atoms with E-state index in [1.54, 1.807) is 12.3 Å². The average molecular weight is 245 g/mol. The van der Waals surface area contributed by atoms with E-state index in [0.717, 1.165) is 6.42 Å².